The second-order valence-electron chi connectivity index (χ2n) is 14.9. The van der Waals surface area contributed by atoms with Crippen LogP contribution in [0, 0.1) is 0 Å². The van der Waals surface area contributed by atoms with Gasteiger partial charge in [0.05, 0.1) is 0 Å². The number of benzene rings is 9. The van der Waals surface area contributed by atoms with E-state index in [9.17, 15) is 0 Å². The molecule has 0 fully saturated rings. The van der Waals surface area contributed by atoms with Crippen molar-refractivity contribution in [1.82, 2.24) is 0 Å². The molecule has 9 aromatic carbocycles. The molecule has 0 bridgehead atoms. The standard InChI is InChI=1S/C51H34O/c1-51(2)45-24-23-33(26-42(45)43-27-35-28-44-37-17-10-11-22-47(37)52-48(44)30-36(35)29-46(43)51)32-15-12-16-34(25-32)50-40-20-8-6-18-38(40)49(31-13-4-3-5-14-31)39-19-7-9-21-41(39)50/h3-30H,1-2H3. The maximum atomic E-state index is 6.27. The molecule has 0 N–H and O–H groups in total. The van der Waals surface area contributed by atoms with E-state index in [2.05, 4.69) is 178 Å². The Morgan fingerprint density at radius 2 is 0.904 bits per heavy atom. The number of para-hydroxylation sites is 1. The summed E-state index contributed by atoms with van der Waals surface area (Å²) in [5.41, 5.74) is 14.7. The van der Waals surface area contributed by atoms with Gasteiger partial charge in [0, 0.05) is 16.2 Å². The average Bonchev–Trinajstić information content (AvgIpc) is 3.65. The van der Waals surface area contributed by atoms with Crippen LogP contribution in [-0.2, 0) is 5.41 Å². The average molecular weight is 663 g/mol. The molecule has 0 aliphatic heterocycles. The Morgan fingerprint density at radius 1 is 0.346 bits per heavy atom. The van der Waals surface area contributed by atoms with E-state index in [1.54, 1.807) is 0 Å². The Hall–Kier alpha value is -6.44. The van der Waals surface area contributed by atoms with Crippen LogP contribution in [0.1, 0.15) is 25.0 Å². The van der Waals surface area contributed by atoms with E-state index in [4.69, 9.17) is 4.42 Å². The van der Waals surface area contributed by atoms with Crippen LogP contribution in [0.25, 0.3) is 98.8 Å². The first-order valence-electron chi connectivity index (χ1n) is 18.2. The monoisotopic (exact) mass is 662 g/mol. The summed E-state index contributed by atoms with van der Waals surface area (Å²) in [5, 5.41) is 9.89. The third-order valence-electron chi connectivity index (χ3n) is 11.6. The van der Waals surface area contributed by atoms with Gasteiger partial charge in [0.15, 0.2) is 0 Å². The predicted molar refractivity (Wildman–Crippen MR) is 220 cm³/mol. The number of fused-ring (bicyclic) bond motifs is 9. The lowest BCUT2D eigenvalue weighted by Gasteiger charge is -2.22. The van der Waals surface area contributed by atoms with Gasteiger partial charge in [-0.25, -0.2) is 0 Å². The fourth-order valence-electron chi connectivity index (χ4n) is 9.11. The number of hydrogen-bond donors (Lipinski definition) is 0. The van der Waals surface area contributed by atoms with E-state index in [0.717, 1.165) is 16.6 Å². The summed E-state index contributed by atoms with van der Waals surface area (Å²) in [6.45, 7) is 4.72. The van der Waals surface area contributed by atoms with Crippen LogP contribution in [0.2, 0.25) is 0 Å². The van der Waals surface area contributed by atoms with Gasteiger partial charge < -0.3 is 4.42 Å². The molecule has 1 aliphatic rings. The van der Waals surface area contributed by atoms with Crippen LogP contribution in [0.4, 0.5) is 0 Å². The fraction of sp³-hybridized carbons (Fsp3) is 0.0588. The minimum atomic E-state index is -0.111. The summed E-state index contributed by atoms with van der Waals surface area (Å²) in [6.07, 6.45) is 0. The van der Waals surface area contributed by atoms with Gasteiger partial charge in [-0.2, -0.15) is 0 Å². The molecule has 10 aromatic rings. The lowest BCUT2D eigenvalue weighted by atomic mass is 9.81. The van der Waals surface area contributed by atoms with E-state index < -0.39 is 0 Å². The summed E-state index contributed by atoms with van der Waals surface area (Å²) in [6, 6.07) is 62.5. The molecule has 0 spiro atoms. The third kappa shape index (κ3) is 4.17. The van der Waals surface area contributed by atoms with Crippen molar-refractivity contribution in [3.05, 3.63) is 181 Å². The molecule has 1 heteroatoms. The van der Waals surface area contributed by atoms with Gasteiger partial charge in [0.25, 0.3) is 0 Å². The molecule has 244 valence electrons. The quantitative estimate of drug-likeness (QED) is 0.172. The highest BCUT2D eigenvalue weighted by Crippen LogP contribution is 2.52. The number of hydrogen-bond acceptors (Lipinski definition) is 1. The molecule has 0 amide bonds. The first kappa shape index (κ1) is 29.3. The van der Waals surface area contributed by atoms with Crippen molar-refractivity contribution in [3.8, 4) is 44.5 Å². The van der Waals surface area contributed by atoms with Crippen LogP contribution < -0.4 is 0 Å². The van der Waals surface area contributed by atoms with Crippen molar-refractivity contribution in [2.75, 3.05) is 0 Å². The van der Waals surface area contributed by atoms with Crippen molar-refractivity contribution < 1.29 is 4.42 Å². The van der Waals surface area contributed by atoms with Crippen LogP contribution in [0.3, 0.4) is 0 Å². The van der Waals surface area contributed by atoms with Crippen molar-refractivity contribution in [2.45, 2.75) is 19.3 Å². The highest BCUT2D eigenvalue weighted by molar-refractivity contribution is 6.21. The van der Waals surface area contributed by atoms with Crippen LogP contribution in [0.15, 0.2) is 174 Å². The minimum absolute atomic E-state index is 0.111. The third-order valence-corrected chi connectivity index (χ3v) is 11.6. The molecule has 0 radical (unpaired) electrons. The van der Waals surface area contributed by atoms with E-state index in [1.807, 2.05) is 6.07 Å². The fourth-order valence-corrected chi connectivity index (χ4v) is 9.11. The molecular formula is C51H34O. The molecule has 0 saturated carbocycles. The molecule has 1 aromatic heterocycles. The normalized spacial score (nSPS) is 13.3. The van der Waals surface area contributed by atoms with Crippen molar-refractivity contribution in [2.24, 2.45) is 0 Å². The summed E-state index contributed by atoms with van der Waals surface area (Å²) >= 11 is 0. The van der Waals surface area contributed by atoms with Crippen molar-refractivity contribution >= 4 is 54.3 Å². The zero-order valence-electron chi connectivity index (χ0n) is 29.1. The zero-order valence-corrected chi connectivity index (χ0v) is 29.1. The smallest absolute Gasteiger partial charge is 0.136 e. The minimum Gasteiger partial charge on any atom is -0.456 e. The molecule has 1 heterocycles. The predicted octanol–water partition coefficient (Wildman–Crippen LogP) is 14.4. The molecule has 1 nitrogen and oxygen atoms in total. The second-order valence-corrected chi connectivity index (χ2v) is 14.9. The first-order chi connectivity index (χ1) is 25.5. The lowest BCUT2D eigenvalue weighted by molar-refractivity contribution is 0.661. The lowest BCUT2D eigenvalue weighted by Crippen LogP contribution is -2.14. The van der Waals surface area contributed by atoms with Gasteiger partial charge >= 0.3 is 0 Å². The summed E-state index contributed by atoms with van der Waals surface area (Å²) < 4.78 is 6.27. The number of furan rings is 1. The van der Waals surface area contributed by atoms with Crippen LogP contribution in [0.5, 0.6) is 0 Å². The molecular weight excluding hydrogens is 629 g/mol. The Balaban J connectivity index is 1.08. The maximum absolute atomic E-state index is 6.27. The molecule has 0 unspecified atom stereocenters. The molecule has 52 heavy (non-hydrogen) atoms. The topological polar surface area (TPSA) is 13.1 Å². The van der Waals surface area contributed by atoms with Crippen LogP contribution >= 0.6 is 0 Å². The first-order valence-corrected chi connectivity index (χ1v) is 18.2. The molecule has 0 saturated heterocycles. The number of rotatable bonds is 3. The highest BCUT2D eigenvalue weighted by Gasteiger charge is 2.36. The van der Waals surface area contributed by atoms with Gasteiger partial charge in [-0.1, -0.05) is 141 Å². The van der Waals surface area contributed by atoms with E-state index >= 15 is 0 Å². The second kappa shape index (κ2) is 10.8. The van der Waals surface area contributed by atoms with Gasteiger partial charge in [-0.05, 0) is 130 Å². The van der Waals surface area contributed by atoms with Crippen molar-refractivity contribution in [3.63, 3.8) is 0 Å². The van der Waals surface area contributed by atoms with E-state index in [0.29, 0.717) is 0 Å². The van der Waals surface area contributed by atoms with E-state index in [-0.39, 0.29) is 5.41 Å². The van der Waals surface area contributed by atoms with E-state index in [1.165, 1.54) is 93.3 Å². The summed E-state index contributed by atoms with van der Waals surface area (Å²) in [7, 11) is 0. The van der Waals surface area contributed by atoms with Crippen LogP contribution in [-0.4, -0.2) is 0 Å². The van der Waals surface area contributed by atoms with Gasteiger partial charge in [0.1, 0.15) is 11.2 Å². The molecule has 0 atom stereocenters. The van der Waals surface area contributed by atoms with Gasteiger partial charge in [-0.15, -0.1) is 0 Å². The maximum Gasteiger partial charge on any atom is 0.136 e. The van der Waals surface area contributed by atoms with Crippen molar-refractivity contribution in [1.29, 1.82) is 0 Å². The molecule has 11 rings (SSSR count). The largest absolute Gasteiger partial charge is 0.456 e. The Labute approximate surface area is 302 Å². The Bertz CT molecular complexity index is 3030. The highest BCUT2D eigenvalue weighted by atomic mass is 16.3. The Kier molecular flexibility index (Phi) is 6.08. The molecule has 1 aliphatic carbocycles. The SMILES string of the molecule is CC1(C)c2ccc(-c3cccc(-c4c5ccccc5c(-c5ccccc5)c5ccccc45)c3)cc2-c2cc3cc4c(cc3cc21)oc1ccccc14. The Morgan fingerprint density at radius 3 is 1.63 bits per heavy atom. The van der Waals surface area contributed by atoms with Gasteiger partial charge in [0.2, 0.25) is 0 Å². The summed E-state index contributed by atoms with van der Waals surface area (Å²) in [4.78, 5) is 0. The zero-order chi connectivity index (χ0) is 34.6. The summed E-state index contributed by atoms with van der Waals surface area (Å²) in [5.74, 6) is 0. The van der Waals surface area contributed by atoms with Gasteiger partial charge in [-0.3, -0.25) is 0 Å².